The molecule has 2 bridgehead atoms. The number of aromatic nitrogens is 7. The number of carbonyl (C=O) groups is 7. The molecule has 37 nitrogen and oxygen atoms in total. The normalized spacial score (nSPS) is 24.9. The van der Waals surface area contributed by atoms with Gasteiger partial charge in [-0.05, 0) is 163 Å². The third-order valence-corrected chi connectivity index (χ3v) is 27.4. The maximum atomic E-state index is 15.0. The lowest BCUT2D eigenvalue weighted by molar-refractivity contribution is -0.264. The number of ketones is 3. The number of unbranched alkanes of at least 4 members (excludes halogenated alkanes) is 1. The number of allylic oxidation sites excluding steroid dienone is 6. The van der Waals surface area contributed by atoms with Crippen LogP contribution in [0.5, 0.6) is 5.88 Å². The Labute approximate surface area is 839 Å². The maximum absolute atomic E-state index is 15.0. The number of nitrogens with one attached hydrogen (secondary N) is 1. The Morgan fingerprint density at radius 1 is 0.688 bits per heavy atom. The number of imidazole rings is 1. The largest absolute Gasteiger partial charge is 0.481 e. The van der Waals surface area contributed by atoms with Crippen molar-refractivity contribution in [2.24, 2.45) is 42.4 Å². The summed E-state index contributed by atoms with van der Waals surface area (Å²) in [6.07, 6.45) is 11.6. The van der Waals surface area contributed by atoms with Crippen molar-refractivity contribution < 1.29 is 128 Å². The van der Waals surface area contributed by atoms with Gasteiger partial charge in [0, 0.05) is 126 Å². The van der Waals surface area contributed by atoms with Crippen molar-refractivity contribution in [2.45, 2.75) is 218 Å². The molecule has 4 aromatic heterocycles. The lowest BCUT2D eigenvalue weighted by Gasteiger charge is -2.43. The number of nitrogens with zero attached hydrogens (tertiary/aromatic N) is 10. The highest BCUT2D eigenvalue weighted by molar-refractivity contribution is 6.39. The van der Waals surface area contributed by atoms with Crippen LogP contribution in [0.3, 0.4) is 0 Å². The molecule has 0 unspecified atom stereocenters. The van der Waals surface area contributed by atoms with Crippen molar-refractivity contribution in [3.63, 3.8) is 0 Å². The number of carbonyl (C=O) groups excluding carboxylic acids is 7. The Balaban J connectivity index is 0.510. The summed E-state index contributed by atoms with van der Waals surface area (Å²) in [6, 6.07) is 10.1. The molecule has 794 valence electrons. The van der Waals surface area contributed by atoms with Crippen LogP contribution in [0.15, 0.2) is 120 Å². The molecule has 8 heterocycles. The lowest BCUT2D eigenvalue weighted by Crippen LogP contribution is -2.61. The van der Waals surface area contributed by atoms with Crippen LogP contribution in [-0.2, 0) is 121 Å². The molecule has 2 aromatic carbocycles. The number of alkyl carbamates (subject to hydrolysis) is 1. The van der Waals surface area contributed by atoms with E-state index in [1.165, 1.54) is 42.6 Å². The van der Waals surface area contributed by atoms with Gasteiger partial charge in [-0.1, -0.05) is 81.0 Å². The fourth-order valence-electron chi connectivity index (χ4n) is 19.0. The van der Waals surface area contributed by atoms with Crippen LogP contribution in [-0.4, -0.2) is 329 Å². The molecule has 144 heavy (non-hydrogen) atoms. The first-order valence-electron chi connectivity index (χ1n) is 50.3. The van der Waals surface area contributed by atoms with Gasteiger partial charge >= 0.3 is 23.9 Å². The molecule has 1 aliphatic carbocycles. The zero-order valence-electron chi connectivity index (χ0n) is 84.9. The second-order valence-corrected chi connectivity index (χ2v) is 37.7. The van der Waals surface area contributed by atoms with Gasteiger partial charge in [-0.2, -0.15) is 13.2 Å². The van der Waals surface area contributed by atoms with E-state index in [-0.39, 0.29) is 131 Å². The van der Waals surface area contributed by atoms with Gasteiger partial charge in [-0.3, -0.25) is 38.1 Å². The molecule has 3 amide bonds. The predicted molar refractivity (Wildman–Crippen MR) is 528 cm³/mol. The van der Waals surface area contributed by atoms with Crippen LogP contribution in [0.25, 0.3) is 38.8 Å². The molecule has 6 aromatic rings. The van der Waals surface area contributed by atoms with Crippen molar-refractivity contribution in [1.82, 2.24) is 49.2 Å². The minimum absolute atomic E-state index is 0.0128. The van der Waals surface area contributed by atoms with Gasteiger partial charge in [0.1, 0.15) is 30.1 Å². The number of aryl methyl sites for hydroxylation is 2. The SMILES string of the molecule is COC(=O)N[C@H]1C[C@@H]2CC[C@@H](C)[C@@](O)(O2)C(=O)C(=O)N2CCCC[C@H]2C(=O)O[C@H]([C@H](N)C[C@@H]2CC[C@@H](OCCCCc3cn(CCOCCOCCOCCOCCOCCOCCOCCOCCC(=O)N4CCN(c5ccc(-n6c(=O)n(C)c7cnc8ccc(-c9ccc(OC)nc9)cc8c76)cc5C(F)(F)F)CC4)nn3)[C@H](OC)C2)CC(=O)[C@H](C)/C=C(\C)[C@@H](O)[C@@H](OC)C(=O)[C@H](C)C[C@H](C)/C=C/C=CC=C1C. The Morgan fingerprint density at radius 3 is 1.99 bits per heavy atom. The Kier molecular flexibility index (Phi) is 45.4. The number of halogens is 3. The molecular formula is C104H147F3N12O25. The number of hydrogen-bond donors (Lipinski definition) is 4. The van der Waals surface area contributed by atoms with E-state index in [4.69, 9.17) is 76.8 Å². The topological polar surface area (TPSA) is 430 Å². The monoisotopic (exact) mass is 2020 g/mol. The number of methoxy groups -OCH3 is 4. The number of pyridine rings is 2. The summed E-state index contributed by atoms with van der Waals surface area (Å²) in [5.74, 6) is -8.61. The van der Waals surface area contributed by atoms with Gasteiger partial charge in [0.2, 0.25) is 17.6 Å². The van der Waals surface area contributed by atoms with Crippen molar-refractivity contribution in [2.75, 3.05) is 178 Å². The van der Waals surface area contributed by atoms with E-state index in [1.807, 2.05) is 43.5 Å². The summed E-state index contributed by atoms with van der Waals surface area (Å²) in [5.41, 5.74) is 10.5. The van der Waals surface area contributed by atoms with Crippen LogP contribution < -0.4 is 26.4 Å². The third-order valence-electron chi connectivity index (χ3n) is 27.4. The number of anilines is 1. The summed E-state index contributed by atoms with van der Waals surface area (Å²) in [4.78, 5) is 125. The van der Waals surface area contributed by atoms with E-state index in [1.54, 1.807) is 112 Å². The van der Waals surface area contributed by atoms with E-state index < -0.39 is 107 Å². The predicted octanol–water partition coefficient (Wildman–Crippen LogP) is 10.4. The standard InChI is InChI=1S/C104H147F3N12O25/c1-68-19-13-12-14-20-69(2)84(111-101(127)133-11)63-79-28-23-73(6)103(129,144-79)98(124)99(125)118-34-17-15-22-86(118)100(126)143-90(64-88(120)70(3)58-72(5)96(123)97(132-10)95(122)71(4)57-68)82(108)59-74-24-31-89(91(60-74)130-8)142-40-18-16-21-77-67-117(113-112-77)39-42-135-44-46-137-48-50-139-52-54-141-56-55-140-53-51-138-49-47-136-45-43-134-41-33-93(121)116-37-35-115(36-38-116)85-30-27-78(62-81(85)104(105,106)107)119-94-80-61-75(76-26-32-92(131-9)110-65-76)25-29-83(80)109-66-87(94)114(7)102(119)128/h12-14,19-20,25-27,29-30,32,58,61-62,65-68,70-71,73-74,79,82,84,86,89-91,96-97,123,129H,15-18,21-24,28,31,33-57,59-60,63-64,108H2,1-11H3,(H,111,127)/b14-12?,19-13+,69-20?,72-58+/t68-,70-,71-,73-,74+,79+,82-,84+,86+,89-,90+,91-,96-,97+,103-/m1/s1. The number of benzene rings is 2. The number of ether oxygens (including phenoxy) is 15. The summed E-state index contributed by atoms with van der Waals surface area (Å²) in [6.45, 7) is 17.9. The first-order valence-corrected chi connectivity index (χ1v) is 50.3. The Hall–Kier alpha value is -10.2. The number of amides is 3. The number of hydrogen-bond acceptors (Lipinski definition) is 31. The van der Waals surface area contributed by atoms with Gasteiger partial charge in [-0.15, -0.1) is 5.10 Å². The van der Waals surface area contributed by atoms with Crippen LogP contribution in [0.4, 0.5) is 23.7 Å². The molecule has 0 radical (unpaired) electrons. The minimum Gasteiger partial charge on any atom is -0.481 e. The number of piperazine rings is 1. The van der Waals surface area contributed by atoms with Gasteiger partial charge in [-0.25, -0.2) is 24.0 Å². The van der Waals surface area contributed by atoms with Crippen molar-refractivity contribution in [1.29, 1.82) is 0 Å². The first kappa shape index (κ1) is 114. The number of cyclic esters (lactones) is 1. The Morgan fingerprint density at radius 2 is 1.35 bits per heavy atom. The second kappa shape index (κ2) is 57.3. The highest BCUT2D eigenvalue weighted by Crippen LogP contribution is 2.42. The zero-order chi connectivity index (χ0) is 103. The molecule has 15 atom stereocenters. The number of aliphatic hydroxyl groups is 2. The van der Waals surface area contributed by atoms with Crippen LogP contribution >= 0.6 is 0 Å². The fourth-order valence-corrected chi connectivity index (χ4v) is 19.0. The third kappa shape index (κ3) is 32.7. The molecule has 4 fully saturated rings. The highest BCUT2D eigenvalue weighted by atomic mass is 19.4. The minimum atomic E-state index is -4.77. The number of esters is 1. The number of aliphatic hydroxyl groups excluding tert-OH is 1. The second-order valence-electron chi connectivity index (χ2n) is 37.7. The van der Waals surface area contributed by atoms with Crippen LogP contribution in [0.2, 0.25) is 0 Å². The average Bonchev–Trinajstić information content (AvgIpc) is 1.57. The summed E-state index contributed by atoms with van der Waals surface area (Å²) in [7, 11) is 7.29. The van der Waals surface area contributed by atoms with Crippen LogP contribution in [0.1, 0.15) is 149 Å². The number of fused-ring (bicyclic) bond motifs is 6. The molecule has 0 spiro atoms. The fraction of sp³-hybridized carbons (Fsp3) is 0.635. The van der Waals surface area contributed by atoms with Crippen molar-refractivity contribution in [3.8, 4) is 22.7 Å². The average molecular weight is 2020 g/mol. The van der Waals surface area contributed by atoms with Gasteiger partial charge in [0.05, 0.1) is 197 Å². The zero-order valence-corrected chi connectivity index (χ0v) is 84.9. The number of piperidine rings is 1. The number of alkyl halides is 3. The van der Waals surface area contributed by atoms with E-state index in [0.29, 0.717) is 202 Å². The number of Topliss-reactive ketones (excluding diaryl/α,β-unsaturated/α-hetero) is 3. The highest BCUT2D eigenvalue weighted by Gasteiger charge is 2.54. The first-order chi connectivity index (χ1) is 69.3. The summed E-state index contributed by atoms with van der Waals surface area (Å²) < 4.78 is 135. The van der Waals surface area contributed by atoms with Crippen LogP contribution in [0, 0.1) is 29.6 Å². The van der Waals surface area contributed by atoms with Gasteiger partial charge in [0.15, 0.2) is 5.78 Å². The number of nitrogens with two attached hydrogens (primary N) is 1. The maximum Gasteiger partial charge on any atom is 0.418 e. The summed E-state index contributed by atoms with van der Waals surface area (Å²) in [5, 5.41) is 35.9. The molecular weight excluding hydrogens is 1870 g/mol. The van der Waals surface area contributed by atoms with Gasteiger partial charge in [0.25, 0.3) is 11.7 Å². The Bertz CT molecular complexity index is 5310. The molecule has 11 rings (SSSR count). The molecule has 1 saturated carbocycles. The molecule has 5 aliphatic rings. The lowest BCUT2D eigenvalue weighted by atomic mass is 9.80. The van der Waals surface area contributed by atoms with E-state index in [0.717, 1.165) is 40.6 Å². The van der Waals surface area contributed by atoms with E-state index in [9.17, 15) is 48.6 Å². The molecule has 5 N–H and O–H groups in total. The smallest absolute Gasteiger partial charge is 0.418 e. The number of rotatable bonds is 43. The van der Waals surface area contributed by atoms with E-state index in [2.05, 4.69) is 25.6 Å². The molecule has 4 aliphatic heterocycles. The van der Waals surface area contributed by atoms with Gasteiger partial charge < -0.3 is 107 Å². The van der Waals surface area contributed by atoms with E-state index >= 15 is 13.2 Å². The molecule has 40 heteroatoms. The van der Waals surface area contributed by atoms with Crippen molar-refractivity contribution >= 4 is 68.9 Å². The summed E-state index contributed by atoms with van der Waals surface area (Å²) >= 11 is 0. The molecule has 3 saturated heterocycles. The van der Waals surface area contributed by atoms with Crippen molar-refractivity contribution in [3.05, 3.63) is 136 Å². The quantitative estimate of drug-likeness (QED) is 0.0120.